The van der Waals surface area contributed by atoms with E-state index < -0.39 is 4.92 Å². The maximum atomic E-state index is 11.3. The fourth-order valence-electron chi connectivity index (χ4n) is 2.39. The Morgan fingerprint density at radius 3 is 2.95 bits per heavy atom. The van der Waals surface area contributed by atoms with Gasteiger partial charge in [-0.2, -0.15) is 0 Å². The van der Waals surface area contributed by atoms with Gasteiger partial charge in [0.15, 0.2) is 5.75 Å². The van der Waals surface area contributed by atoms with Crippen LogP contribution in [0.5, 0.6) is 5.75 Å². The van der Waals surface area contributed by atoms with Gasteiger partial charge in [-0.1, -0.05) is 0 Å². The van der Waals surface area contributed by atoms with Crippen molar-refractivity contribution < 1.29 is 14.5 Å². The number of nitrogens with zero attached hydrogens (tertiary/aromatic N) is 1. The fourth-order valence-corrected chi connectivity index (χ4v) is 2.39. The average Bonchev–Trinajstić information content (AvgIpc) is 2.95. The topological polar surface area (TPSA) is 93.5 Å². The lowest BCUT2D eigenvalue weighted by atomic mass is 10.1. The summed E-state index contributed by atoms with van der Waals surface area (Å²) < 4.78 is 5.67. The maximum Gasteiger partial charge on any atom is 0.311 e. The van der Waals surface area contributed by atoms with E-state index in [2.05, 4.69) is 10.6 Å². The van der Waals surface area contributed by atoms with Crippen LogP contribution in [0.2, 0.25) is 0 Å². The van der Waals surface area contributed by atoms with Crippen molar-refractivity contribution in [2.45, 2.75) is 18.9 Å². The van der Waals surface area contributed by atoms with Gasteiger partial charge >= 0.3 is 5.69 Å². The van der Waals surface area contributed by atoms with E-state index in [0.29, 0.717) is 17.8 Å². The summed E-state index contributed by atoms with van der Waals surface area (Å²) >= 11 is 0. The molecule has 2 heterocycles. The highest BCUT2D eigenvalue weighted by molar-refractivity contribution is 5.99. The zero-order valence-electron chi connectivity index (χ0n) is 10.1. The number of carbonyl (C=O) groups excluding carboxylic acids is 1. The molecule has 1 saturated heterocycles. The number of hydrogen-bond donors (Lipinski definition) is 2. The third kappa shape index (κ3) is 2.24. The number of nitro benzene ring substituents is 1. The first-order valence-corrected chi connectivity index (χ1v) is 6.12. The van der Waals surface area contributed by atoms with Crippen LogP contribution in [-0.2, 0) is 11.2 Å². The van der Waals surface area contributed by atoms with Crippen molar-refractivity contribution >= 4 is 17.3 Å². The average molecular weight is 263 g/mol. The molecule has 7 nitrogen and oxygen atoms in total. The minimum Gasteiger partial charge on any atom is -0.482 e. The first-order chi connectivity index (χ1) is 9.13. The summed E-state index contributed by atoms with van der Waals surface area (Å²) in [5, 5.41) is 16.9. The Morgan fingerprint density at radius 2 is 2.26 bits per heavy atom. The summed E-state index contributed by atoms with van der Waals surface area (Å²) in [6.45, 7) is 1.53. The molecule has 1 amide bonds. The van der Waals surface area contributed by atoms with Crippen molar-refractivity contribution in [1.82, 2.24) is 5.32 Å². The minimum absolute atomic E-state index is 0.0612. The normalized spacial score (nSPS) is 21.1. The summed E-state index contributed by atoms with van der Waals surface area (Å²) in [5.41, 5.74) is 1.17. The third-order valence-electron chi connectivity index (χ3n) is 3.32. The number of nitro groups is 1. The first kappa shape index (κ1) is 11.9. The molecular formula is C12H13N3O4. The van der Waals surface area contributed by atoms with Crippen LogP contribution in [-0.4, -0.2) is 30.0 Å². The Bertz CT molecular complexity index is 552. The van der Waals surface area contributed by atoms with Gasteiger partial charge in [0.1, 0.15) is 6.10 Å². The molecule has 1 unspecified atom stereocenters. The number of rotatable bonds is 3. The first-order valence-electron chi connectivity index (χ1n) is 6.12. The largest absolute Gasteiger partial charge is 0.482 e. The van der Waals surface area contributed by atoms with Gasteiger partial charge in [-0.15, -0.1) is 0 Å². The standard InChI is InChI=1S/C12H13N3O4/c16-12-4-7-3-10(15(17)18)11(5-9(7)14-12)19-8-1-2-13-6-8/h3,5,8,13H,1-2,4,6H2,(H,14,16). The molecule has 0 spiro atoms. The second-order valence-corrected chi connectivity index (χ2v) is 4.69. The van der Waals surface area contributed by atoms with Gasteiger partial charge in [0.25, 0.3) is 0 Å². The molecule has 0 aromatic heterocycles. The van der Waals surface area contributed by atoms with E-state index in [9.17, 15) is 14.9 Å². The summed E-state index contributed by atoms with van der Waals surface area (Å²) in [6.07, 6.45) is 0.941. The highest BCUT2D eigenvalue weighted by Crippen LogP contribution is 2.36. The van der Waals surface area contributed by atoms with Crippen LogP contribution in [0, 0.1) is 10.1 Å². The number of fused-ring (bicyclic) bond motifs is 1. The Hall–Kier alpha value is -2.15. The zero-order chi connectivity index (χ0) is 13.4. The van der Waals surface area contributed by atoms with E-state index in [1.54, 1.807) is 6.07 Å². The molecule has 100 valence electrons. The highest BCUT2D eigenvalue weighted by Gasteiger charge is 2.27. The van der Waals surface area contributed by atoms with Gasteiger partial charge in [0.05, 0.1) is 11.3 Å². The number of anilines is 1. The summed E-state index contributed by atoms with van der Waals surface area (Å²) in [7, 11) is 0. The number of benzene rings is 1. The van der Waals surface area contributed by atoms with Crippen molar-refractivity contribution in [2.24, 2.45) is 0 Å². The lowest BCUT2D eigenvalue weighted by Crippen LogP contribution is -2.20. The van der Waals surface area contributed by atoms with Crippen molar-refractivity contribution in [2.75, 3.05) is 18.4 Å². The SMILES string of the molecule is O=C1Cc2cc([N+](=O)[O-])c(OC3CCNC3)cc2N1. The van der Waals surface area contributed by atoms with Crippen LogP contribution in [0.4, 0.5) is 11.4 Å². The van der Waals surface area contributed by atoms with E-state index in [0.717, 1.165) is 13.0 Å². The number of amides is 1. The van der Waals surface area contributed by atoms with Crippen LogP contribution in [0.1, 0.15) is 12.0 Å². The molecule has 0 aliphatic carbocycles. The quantitative estimate of drug-likeness (QED) is 0.622. The second-order valence-electron chi connectivity index (χ2n) is 4.69. The van der Waals surface area contributed by atoms with Crippen molar-refractivity contribution in [1.29, 1.82) is 0 Å². The molecule has 2 aliphatic rings. The molecule has 0 bridgehead atoms. The van der Waals surface area contributed by atoms with Crippen LogP contribution in [0.15, 0.2) is 12.1 Å². The van der Waals surface area contributed by atoms with E-state index >= 15 is 0 Å². The van der Waals surface area contributed by atoms with Gasteiger partial charge in [0, 0.05) is 24.4 Å². The van der Waals surface area contributed by atoms with Gasteiger partial charge in [-0.25, -0.2) is 0 Å². The molecule has 0 saturated carbocycles. The molecule has 1 atom stereocenters. The summed E-state index contributed by atoms with van der Waals surface area (Å²) in [4.78, 5) is 21.9. The van der Waals surface area contributed by atoms with Crippen molar-refractivity contribution in [3.8, 4) is 5.75 Å². The molecule has 1 fully saturated rings. The predicted molar refractivity (Wildman–Crippen MR) is 67.3 cm³/mol. The van der Waals surface area contributed by atoms with Crippen LogP contribution in [0.3, 0.4) is 0 Å². The molecule has 7 heteroatoms. The number of ether oxygens (including phenoxy) is 1. The van der Waals surface area contributed by atoms with Crippen LogP contribution >= 0.6 is 0 Å². The Morgan fingerprint density at radius 1 is 1.42 bits per heavy atom. The molecule has 2 aliphatic heterocycles. The molecular weight excluding hydrogens is 250 g/mol. The van der Waals surface area contributed by atoms with Gasteiger partial charge in [-0.3, -0.25) is 14.9 Å². The van der Waals surface area contributed by atoms with Gasteiger partial charge in [0.2, 0.25) is 5.91 Å². The zero-order valence-corrected chi connectivity index (χ0v) is 10.1. The Balaban J connectivity index is 1.94. The molecule has 19 heavy (non-hydrogen) atoms. The van der Waals surface area contributed by atoms with Gasteiger partial charge < -0.3 is 15.4 Å². The fraction of sp³-hybridized carbons (Fsp3) is 0.417. The third-order valence-corrected chi connectivity index (χ3v) is 3.32. The minimum atomic E-state index is -0.471. The molecule has 3 rings (SSSR count). The predicted octanol–water partition coefficient (Wildman–Crippen LogP) is 0.830. The number of nitrogens with one attached hydrogen (secondary N) is 2. The summed E-state index contributed by atoms with van der Waals surface area (Å²) in [5.74, 6) is 0.0728. The number of carbonyl (C=O) groups is 1. The van der Waals surface area contributed by atoms with Crippen molar-refractivity contribution in [3.05, 3.63) is 27.8 Å². The van der Waals surface area contributed by atoms with Crippen molar-refractivity contribution in [3.63, 3.8) is 0 Å². The monoisotopic (exact) mass is 263 g/mol. The van der Waals surface area contributed by atoms with Crippen LogP contribution < -0.4 is 15.4 Å². The Kier molecular flexibility index (Phi) is 2.83. The maximum absolute atomic E-state index is 11.3. The van der Waals surface area contributed by atoms with E-state index in [-0.39, 0.29) is 29.9 Å². The molecule has 2 N–H and O–H groups in total. The molecule has 0 radical (unpaired) electrons. The second kappa shape index (κ2) is 4.51. The van der Waals surface area contributed by atoms with E-state index in [4.69, 9.17) is 4.74 Å². The van der Waals surface area contributed by atoms with Crippen LogP contribution in [0.25, 0.3) is 0 Å². The van der Waals surface area contributed by atoms with E-state index in [1.807, 2.05) is 0 Å². The lowest BCUT2D eigenvalue weighted by Gasteiger charge is -2.13. The van der Waals surface area contributed by atoms with E-state index in [1.165, 1.54) is 6.07 Å². The molecule has 1 aromatic rings. The van der Waals surface area contributed by atoms with Gasteiger partial charge in [-0.05, 0) is 18.5 Å². The number of hydrogen-bond acceptors (Lipinski definition) is 5. The lowest BCUT2D eigenvalue weighted by molar-refractivity contribution is -0.386. The smallest absolute Gasteiger partial charge is 0.311 e. The molecule has 1 aromatic carbocycles. The summed E-state index contributed by atoms with van der Waals surface area (Å²) in [6, 6.07) is 2.97. The Labute approximate surface area is 109 Å². The highest BCUT2D eigenvalue weighted by atomic mass is 16.6.